The highest BCUT2D eigenvalue weighted by molar-refractivity contribution is 5.73. The van der Waals surface area contributed by atoms with E-state index in [-0.39, 0.29) is 0 Å². The molecule has 4 aromatic heterocycles. The number of halogens is 6. The summed E-state index contributed by atoms with van der Waals surface area (Å²) in [6.07, 6.45) is 1.47. The minimum absolute atomic E-state index is 0.425. The molecule has 16 heteroatoms. The summed E-state index contributed by atoms with van der Waals surface area (Å²) in [5, 5.41) is 19.0. The molecule has 0 unspecified atom stereocenters. The number of nitrogens with zero attached hydrogens (tertiary/aromatic N) is 6. The highest BCUT2D eigenvalue weighted by Crippen LogP contribution is 2.27. The van der Waals surface area contributed by atoms with Crippen molar-refractivity contribution in [3.05, 3.63) is 78.8 Å². The largest absolute Gasteiger partial charge is 0.490 e. The molecule has 4 aromatic rings. The summed E-state index contributed by atoms with van der Waals surface area (Å²) in [6, 6.07) is 12.3. The van der Waals surface area contributed by atoms with Gasteiger partial charge in [0.25, 0.3) is 0 Å². The number of pyridine rings is 3. The molecule has 0 aliphatic carbocycles. The van der Waals surface area contributed by atoms with E-state index in [1.165, 1.54) is 5.56 Å². The van der Waals surface area contributed by atoms with Gasteiger partial charge in [-0.25, -0.2) is 19.1 Å². The van der Waals surface area contributed by atoms with Gasteiger partial charge in [0.2, 0.25) is 0 Å². The van der Waals surface area contributed by atoms with Gasteiger partial charge >= 0.3 is 24.3 Å². The van der Waals surface area contributed by atoms with E-state index >= 15 is 0 Å². The number of carboxylic acid groups (broad SMARTS) is 2. The number of carbonyl (C=O) groups is 2. The van der Waals surface area contributed by atoms with Gasteiger partial charge in [0.15, 0.2) is 11.5 Å². The van der Waals surface area contributed by atoms with Crippen LogP contribution < -0.4 is 0 Å². The third-order valence-electron chi connectivity index (χ3n) is 5.93. The van der Waals surface area contributed by atoms with Gasteiger partial charge in [0.1, 0.15) is 0 Å². The van der Waals surface area contributed by atoms with Crippen molar-refractivity contribution in [1.29, 1.82) is 0 Å². The van der Waals surface area contributed by atoms with E-state index in [4.69, 9.17) is 29.9 Å². The fourth-order valence-electron chi connectivity index (χ4n) is 3.89. The van der Waals surface area contributed by atoms with Gasteiger partial charge in [0.05, 0.1) is 0 Å². The first-order valence-corrected chi connectivity index (χ1v) is 12.2. The Morgan fingerprint density at radius 2 is 1.43 bits per heavy atom. The van der Waals surface area contributed by atoms with Crippen LogP contribution in [-0.2, 0) is 16.1 Å². The normalized spacial score (nSPS) is 14.3. The number of aliphatic carboxylic acids is 2. The Balaban J connectivity index is 0.000000289. The second-order valence-corrected chi connectivity index (χ2v) is 8.94. The zero-order valence-electron chi connectivity index (χ0n) is 21.6. The number of piperidine rings is 1. The van der Waals surface area contributed by atoms with Gasteiger partial charge in [0, 0.05) is 49.0 Å². The summed E-state index contributed by atoms with van der Waals surface area (Å²) in [6.45, 7) is 3.10. The summed E-state index contributed by atoms with van der Waals surface area (Å²) in [4.78, 5) is 33.4. The Morgan fingerprint density at radius 3 is 1.95 bits per heavy atom. The van der Waals surface area contributed by atoms with Crippen LogP contribution in [0, 0.1) is 0 Å². The quantitative estimate of drug-likeness (QED) is 0.317. The van der Waals surface area contributed by atoms with Gasteiger partial charge in [-0.05, 0) is 67.4 Å². The minimum atomic E-state index is -5.08. The smallest absolute Gasteiger partial charge is 0.475 e. The number of hydrogen-bond donors (Lipinski definition) is 2. The Kier molecular flexibility index (Phi) is 10.5. The summed E-state index contributed by atoms with van der Waals surface area (Å²) < 4.78 is 65.4. The van der Waals surface area contributed by atoms with Gasteiger partial charge in [-0.2, -0.15) is 31.4 Å². The lowest BCUT2D eigenvalue weighted by Gasteiger charge is -2.30. The van der Waals surface area contributed by atoms with E-state index in [1.54, 1.807) is 0 Å². The van der Waals surface area contributed by atoms with Crippen molar-refractivity contribution >= 4 is 17.6 Å². The van der Waals surface area contributed by atoms with Crippen LogP contribution in [0.3, 0.4) is 0 Å². The number of fused-ring (bicyclic) bond motifs is 1. The van der Waals surface area contributed by atoms with Gasteiger partial charge < -0.3 is 10.2 Å². The molecule has 1 saturated heterocycles. The summed E-state index contributed by atoms with van der Waals surface area (Å²) in [5.74, 6) is -4.12. The SMILES string of the molecule is O=C(O)C(F)(F)F.O=C(O)C(F)(F)F.c1cncc(CN2CCC(c3nc4ccc(-c5ccncc5)cn4n3)CC2)c1. The van der Waals surface area contributed by atoms with Crippen molar-refractivity contribution in [2.75, 3.05) is 13.1 Å². The van der Waals surface area contributed by atoms with Crippen molar-refractivity contribution in [2.45, 2.75) is 37.7 Å². The van der Waals surface area contributed by atoms with Crippen LogP contribution in [0.2, 0.25) is 0 Å². The van der Waals surface area contributed by atoms with Crippen LogP contribution in [0.4, 0.5) is 26.3 Å². The number of rotatable bonds is 4. The highest BCUT2D eigenvalue weighted by atomic mass is 19.4. The number of aromatic nitrogens is 5. The average molecular weight is 599 g/mol. The molecule has 0 radical (unpaired) electrons. The Morgan fingerprint density at radius 1 is 0.833 bits per heavy atom. The molecule has 10 nitrogen and oxygen atoms in total. The lowest BCUT2D eigenvalue weighted by molar-refractivity contribution is -0.193. The Hall–Kier alpha value is -4.60. The second-order valence-electron chi connectivity index (χ2n) is 8.94. The van der Waals surface area contributed by atoms with Crippen molar-refractivity contribution < 1.29 is 46.1 Å². The standard InChI is InChI=1S/C22H22N6.2C2HF3O2/c1-2-17(14-24-9-1)15-27-12-7-19(8-13-27)22-25-21-4-3-20(16-28(21)26-22)18-5-10-23-11-6-18;2*3-2(4,5)1(6)7/h1-6,9-11,14,16,19H,7-8,12-13,15H2;2*(H,6,7). The van der Waals surface area contributed by atoms with E-state index in [0.29, 0.717) is 5.92 Å². The molecule has 5 rings (SSSR count). The maximum absolute atomic E-state index is 10.6. The first kappa shape index (κ1) is 31.9. The molecule has 0 amide bonds. The minimum Gasteiger partial charge on any atom is -0.475 e. The van der Waals surface area contributed by atoms with Crippen LogP contribution in [0.15, 0.2) is 67.4 Å². The molecule has 2 N–H and O–H groups in total. The van der Waals surface area contributed by atoms with Crippen molar-refractivity contribution in [3.8, 4) is 11.1 Å². The maximum Gasteiger partial charge on any atom is 0.490 e. The van der Waals surface area contributed by atoms with E-state index in [1.807, 2.05) is 53.6 Å². The van der Waals surface area contributed by atoms with E-state index in [9.17, 15) is 26.3 Å². The first-order chi connectivity index (χ1) is 19.7. The third-order valence-corrected chi connectivity index (χ3v) is 5.93. The van der Waals surface area contributed by atoms with Gasteiger partial charge in [-0.15, -0.1) is 0 Å². The summed E-state index contributed by atoms with van der Waals surface area (Å²) in [7, 11) is 0. The maximum atomic E-state index is 10.6. The molecule has 0 bridgehead atoms. The summed E-state index contributed by atoms with van der Waals surface area (Å²) in [5.41, 5.74) is 4.44. The summed E-state index contributed by atoms with van der Waals surface area (Å²) >= 11 is 0. The molecule has 1 aliphatic heterocycles. The van der Waals surface area contributed by atoms with Gasteiger partial charge in [-0.3, -0.25) is 14.9 Å². The van der Waals surface area contributed by atoms with Gasteiger partial charge in [-0.1, -0.05) is 6.07 Å². The first-order valence-electron chi connectivity index (χ1n) is 12.2. The number of alkyl halides is 6. The second kappa shape index (κ2) is 13.8. The predicted molar refractivity (Wildman–Crippen MR) is 135 cm³/mol. The lowest BCUT2D eigenvalue weighted by atomic mass is 9.96. The average Bonchev–Trinajstić information content (AvgIpc) is 3.38. The molecule has 0 saturated carbocycles. The predicted octanol–water partition coefficient (Wildman–Crippen LogP) is 4.83. The van der Waals surface area contributed by atoms with Crippen molar-refractivity contribution in [1.82, 2.24) is 29.5 Å². The van der Waals surface area contributed by atoms with E-state index < -0.39 is 24.3 Å². The third kappa shape index (κ3) is 9.50. The molecule has 0 aromatic carbocycles. The fraction of sp³-hybridized carbons (Fsp3) is 0.308. The molecule has 0 spiro atoms. The van der Waals surface area contributed by atoms with E-state index in [2.05, 4.69) is 33.2 Å². The molecule has 5 heterocycles. The number of hydrogen-bond acceptors (Lipinski definition) is 7. The van der Waals surface area contributed by atoms with Crippen LogP contribution >= 0.6 is 0 Å². The molecular weight excluding hydrogens is 574 g/mol. The zero-order valence-corrected chi connectivity index (χ0v) is 21.6. The van der Waals surface area contributed by atoms with Crippen LogP contribution in [0.1, 0.15) is 30.1 Å². The fourth-order valence-corrected chi connectivity index (χ4v) is 3.89. The number of likely N-dealkylation sites (tertiary alicyclic amines) is 1. The van der Waals surface area contributed by atoms with E-state index in [0.717, 1.165) is 55.1 Å². The Bertz CT molecular complexity index is 1430. The lowest BCUT2D eigenvalue weighted by Crippen LogP contribution is -2.32. The molecule has 1 aliphatic rings. The van der Waals surface area contributed by atoms with Crippen LogP contribution in [0.5, 0.6) is 0 Å². The van der Waals surface area contributed by atoms with Crippen LogP contribution in [-0.4, -0.2) is 77.1 Å². The molecule has 0 atom stereocenters. The monoisotopic (exact) mass is 598 g/mol. The zero-order chi connectivity index (χ0) is 30.9. The number of carboxylic acids is 2. The molecule has 224 valence electrons. The molecule has 42 heavy (non-hydrogen) atoms. The van der Waals surface area contributed by atoms with Crippen molar-refractivity contribution in [2.24, 2.45) is 0 Å². The Labute approximate surface area is 234 Å². The molecular formula is C26H24F6N6O4. The van der Waals surface area contributed by atoms with Crippen molar-refractivity contribution in [3.63, 3.8) is 0 Å². The highest BCUT2D eigenvalue weighted by Gasteiger charge is 2.38. The topological polar surface area (TPSA) is 134 Å². The van der Waals surface area contributed by atoms with Crippen LogP contribution in [0.25, 0.3) is 16.8 Å². The molecule has 1 fully saturated rings.